The van der Waals surface area contributed by atoms with E-state index >= 15 is 0 Å². The van der Waals surface area contributed by atoms with E-state index < -0.39 is 7.82 Å². The standard InChI is InChI=1S/C8H11O4P.Na.H/c1-2-7-3-5-8(6-4-7)12-13(9,10)11;;/h3-6H,2H2,1H3,(H2,9,10,11);;. The van der Waals surface area contributed by atoms with E-state index in [1.807, 2.05) is 6.92 Å². The Bertz CT molecular complexity index is 319. The molecule has 0 amide bonds. The van der Waals surface area contributed by atoms with Crippen LogP contribution in [0.3, 0.4) is 0 Å². The maximum absolute atomic E-state index is 10.4. The number of hydrogen-bond donors (Lipinski definition) is 2. The van der Waals surface area contributed by atoms with Crippen LogP contribution in [-0.2, 0) is 11.0 Å². The molecule has 6 heteroatoms. The Kier molecular flexibility index (Phi) is 5.98. The number of benzene rings is 1. The summed E-state index contributed by atoms with van der Waals surface area (Å²) in [6, 6.07) is 6.62. The summed E-state index contributed by atoms with van der Waals surface area (Å²) in [6.07, 6.45) is 0.885. The molecule has 0 saturated heterocycles. The summed E-state index contributed by atoms with van der Waals surface area (Å²) in [5, 5.41) is 0. The summed E-state index contributed by atoms with van der Waals surface area (Å²) in [4.78, 5) is 17.0. The Hall–Kier alpha value is 0.170. The summed E-state index contributed by atoms with van der Waals surface area (Å²) in [7, 11) is -4.41. The van der Waals surface area contributed by atoms with Crippen LogP contribution in [-0.4, -0.2) is 39.3 Å². The summed E-state index contributed by atoms with van der Waals surface area (Å²) in [6.45, 7) is 2.00. The molecule has 14 heavy (non-hydrogen) atoms. The quantitative estimate of drug-likeness (QED) is 0.597. The molecule has 74 valence electrons. The van der Waals surface area contributed by atoms with Gasteiger partial charge in [0.15, 0.2) is 0 Å². The molecule has 2 N–H and O–H groups in total. The molecule has 0 fully saturated rings. The molecule has 0 aliphatic carbocycles. The second kappa shape index (κ2) is 5.91. The maximum atomic E-state index is 10.4. The average molecular weight is 226 g/mol. The molecule has 0 spiro atoms. The number of aryl methyl sites for hydroxylation is 1. The normalized spacial score (nSPS) is 10.5. The SMILES string of the molecule is CCc1ccc(OP(=O)(O)O)cc1.[NaH]. The molecule has 1 rings (SSSR count). The van der Waals surface area contributed by atoms with Crippen LogP contribution in [0.5, 0.6) is 5.75 Å². The Morgan fingerprint density at radius 2 is 1.79 bits per heavy atom. The zero-order valence-electron chi connectivity index (χ0n) is 7.17. The van der Waals surface area contributed by atoms with Crippen molar-refractivity contribution in [1.29, 1.82) is 0 Å². The Morgan fingerprint density at radius 3 is 2.14 bits per heavy atom. The van der Waals surface area contributed by atoms with E-state index in [-0.39, 0.29) is 35.3 Å². The number of rotatable bonds is 3. The van der Waals surface area contributed by atoms with E-state index in [1.165, 1.54) is 12.1 Å². The van der Waals surface area contributed by atoms with Crippen LogP contribution in [0.2, 0.25) is 0 Å². The van der Waals surface area contributed by atoms with Crippen molar-refractivity contribution in [3.8, 4) is 5.75 Å². The van der Waals surface area contributed by atoms with Gasteiger partial charge in [0, 0.05) is 0 Å². The molecule has 0 atom stereocenters. The van der Waals surface area contributed by atoms with Gasteiger partial charge in [0.05, 0.1) is 0 Å². The van der Waals surface area contributed by atoms with Gasteiger partial charge in [-0.3, -0.25) is 9.79 Å². The zero-order valence-corrected chi connectivity index (χ0v) is 8.07. The summed E-state index contributed by atoms with van der Waals surface area (Å²) in [5.41, 5.74) is 1.10. The predicted molar refractivity (Wildman–Crippen MR) is 55.6 cm³/mol. The van der Waals surface area contributed by atoms with Crippen LogP contribution in [0.25, 0.3) is 0 Å². The van der Waals surface area contributed by atoms with E-state index in [2.05, 4.69) is 4.52 Å². The number of hydrogen-bond acceptors (Lipinski definition) is 2. The van der Waals surface area contributed by atoms with Crippen molar-refractivity contribution in [1.82, 2.24) is 0 Å². The van der Waals surface area contributed by atoms with Gasteiger partial charge in [0.25, 0.3) is 0 Å². The predicted octanol–water partition coefficient (Wildman–Crippen LogP) is 1.07. The molecule has 1 aromatic rings. The van der Waals surface area contributed by atoms with E-state index in [1.54, 1.807) is 12.1 Å². The van der Waals surface area contributed by atoms with Gasteiger partial charge < -0.3 is 4.52 Å². The molecule has 0 heterocycles. The van der Waals surface area contributed by atoms with Gasteiger partial charge >= 0.3 is 37.4 Å². The summed E-state index contributed by atoms with van der Waals surface area (Å²) < 4.78 is 14.8. The van der Waals surface area contributed by atoms with Crippen molar-refractivity contribution < 1.29 is 18.9 Å². The van der Waals surface area contributed by atoms with Gasteiger partial charge in [-0.25, -0.2) is 4.57 Å². The second-order valence-electron chi connectivity index (χ2n) is 2.58. The van der Waals surface area contributed by atoms with Crippen molar-refractivity contribution in [2.75, 3.05) is 0 Å². The molecule has 4 nitrogen and oxygen atoms in total. The fourth-order valence-corrected chi connectivity index (χ4v) is 1.32. The van der Waals surface area contributed by atoms with E-state index in [9.17, 15) is 4.57 Å². The van der Waals surface area contributed by atoms with Gasteiger partial charge in [0.1, 0.15) is 5.75 Å². The van der Waals surface area contributed by atoms with Crippen LogP contribution in [0.15, 0.2) is 24.3 Å². The topological polar surface area (TPSA) is 66.8 Å². The van der Waals surface area contributed by atoms with Gasteiger partial charge in [0.2, 0.25) is 0 Å². The van der Waals surface area contributed by atoms with Gasteiger partial charge in [-0.1, -0.05) is 19.1 Å². The molecule has 0 aliphatic heterocycles. The van der Waals surface area contributed by atoms with Crippen molar-refractivity contribution in [2.45, 2.75) is 13.3 Å². The van der Waals surface area contributed by atoms with Crippen LogP contribution >= 0.6 is 7.82 Å². The minimum absolute atomic E-state index is 0. The second-order valence-corrected chi connectivity index (χ2v) is 3.74. The number of phosphoric acid groups is 1. The third-order valence-corrected chi connectivity index (χ3v) is 2.00. The average Bonchev–Trinajstić information content (AvgIpc) is 2.03. The first kappa shape index (κ1) is 14.2. The Labute approximate surface area is 105 Å². The van der Waals surface area contributed by atoms with Crippen LogP contribution < -0.4 is 4.52 Å². The fourth-order valence-electron chi connectivity index (χ4n) is 0.923. The zero-order chi connectivity index (χ0) is 9.90. The van der Waals surface area contributed by atoms with Gasteiger partial charge in [-0.2, -0.15) is 0 Å². The molecule has 0 aromatic heterocycles. The molecule has 1 aromatic carbocycles. The van der Waals surface area contributed by atoms with Crippen LogP contribution in [0.1, 0.15) is 12.5 Å². The first-order chi connectivity index (χ1) is 6.01. The van der Waals surface area contributed by atoms with Gasteiger partial charge in [-0.15, -0.1) is 0 Å². The Morgan fingerprint density at radius 1 is 1.29 bits per heavy atom. The summed E-state index contributed by atoms with van der Waals surface area (Å²) in [5.74, 6) is 0.186. The van der Waals surface area contributed by atoms with E-state index in [0.29, 0.717) is 0 Å². The molecule has 0 unspecified atom stereocenters. The van der Waals surface area contributed by atoms with Crippen molar-refractivity contribution in [2.24, 2.45) is 0 Å². The van der Waals surface area contributed by atoms with E-state index in [4.69, 9.17) is 9.79 Å². The monoisotopic (exact) mass is 226 g/mol. The third-order valence-electron chi connectivity index (χ3n) is 1.56. The molecular weight excluding hydrogens is 214 g/mol. The van der Waals surface area contributed by atoms with Crippen molar-refractivity contribution in [3.05, 3.63) is 29.8 Å². The fraction of sp³-hybridized carbons (Fsp3) is 0.250. The van der Waals surface area contributed by atoms with E-state index in [0.717, 1.165) is 12.0 Å². The van der Waals surface area contributed by atoms with Crippen molar-refractivity contribution >= 4 is 37.4 Å². The molecular formula is C8H12NaO4P. The van der Waals surface area contributed by atoms with Gasteiger partial charge in [-0.05, 0) is 24.1 Å². The first-order valence-corrected chi connectivity index (χ1v) is 5.38. The van der Waals surface area contributed by atoms with Crippen molar-refractivity contribution in [3.63, 3.8) is 0 Å². The molecule has 0 saturated carbocycles. The molecule has 0 radical (unpaired) electrons. The van der Waals surface area contributed by atoms with Crippen LogP contribution in [0.4, 0.5) is 0 Å². The first-order valence-electron chi connectivity index (χ1n) is 3.85. The molecule has 0 bridgehead atoms. The minimum atomic E-state index is -4.41. The Balaban J connectivity index is 0.00000169. The third kappa shape index (κ3) is 5.15. The number of phosphoric ester groups is 1. The summed E-state index contributed by atoms with van der Waals surface area (Å²) >= 11 is 0. The van der Waals surface area contributed by atoms with Crippen LogP contribution in [0, 0.1) is 0 Å². The molecule has 0 aliphatic rings.